The van der Waals surface area contributed by atoms with Crippen LogP contribution in [0.1, 0.15) is 50.2 Å². The minimum absolute atomic E-state index is 0.0541. The second kappa shape index (κ2) is 8.17. The maximum Gasteiger partial charge on any atom is 0.0609 e. The molecular formula is C21H34N2O2. The summed E-state index contributed by atoms with van der Waals surface area (Å²) >= 11 is 0. The fourth-order valence-corrected chi connectivity index (χ4v) is 4.61. The van der Waals surface area contributed by atoms with Crippen molar-refractivity contribution >= 4 is 0 Å². The lowest BCUT2D eigenvalue weighted by Gasteiger charge is -2.41. The molecule has 4 nitrogen and oxygen atoms in total. The summed E-state index contributed by atoms with van der Waals surface area (Å²) in [6.07, 6.45) is 3.71. The number of rotatable bonds is 6. The van der Waals surface area contributed by atoms with Gasteiger partial charge in [0.2, 0.25) is 0 Å². The smallest absolute Gasteiger partial charge is 0.0609 e. The molecule has 0 aliphatic carbocycles. The molecule has 2 N–H and O–H groups in total. The van der Waals surface area contributed by atoms with Gasteiger partial charge in [-0.25, -0.2) is 0 Å². The Bertz CT molecular complexity index is 541. The highest BCUT2D eigenvalue weighted by atomic mass is 16.3. The van der Waals surface area contributed by atoms with E-state index in [9.17, 15) is 10.2 Å². The first-order chi connectivity index (χ1) is 12.0. The summed E-state index contributed by atoms with van der Waals surface area (Å²) < 4.78 is 0. The van der Waals surface area contributed by atoms with Crippen LogP contribution in [0.4, 0.5) is 0 Å². The Kier molecular flexibility index (Phi) is 6.16. The van der Waals surface area contributed by atoms with Crippen molar-refractivity contribution in [1.82, 2.24) is 9.80 Å². The van der Waals surface area contributed by atoms with Gasteiger partial charge in [-0.1, -0.05) is 38.1 Å². The molecule has 0 amide bonds. The van der Waals surface area contributed by atoms with Gasteiger partial charge in [-0.05, 0) is 54.8 Å². The van der Waals surface area contributed by atoms with E-state index in [4.69, 9.17) is 0 Å². The molecule has 1 spiro atoms. The van der Waals surface area contributed by atoms with Gasteiger partial charge in [-0.15, -0.1) is 0 Å². The predicted octanol–water partition coefficient (Wildman–Crippen LogP) is 2.45. The predicted molar refractivity (Wildman–Crippen MR) is 102 cm³/mol. The standard InChI is InChI=1S/C21H34N2O2/c1-17(2)19-6-4-18(5-7-19)12-22-10-3-8-21(15-22)9-11-23(16-21)20(13-24)14-25/h4-7,17,20,24-25H,3,8-16H2,1-2H3/t21-/m0/s1. The zero-order valence-electron chi connectivity index (χ0n) is 15.8. The van der Waals surface area contributed by atoms with Crippen LogP contribution >= 0.6 is 0 Å². The molecule has 1 aromatic rings. The Labute approximate surface area is 152 Å². The molecule has 2 heterocycles. The van der Waals surface area contributed by atoms with Crippen LogP contribution in [0.15, 0.2) is 24.3 Å². The Hall–Kier alpha value is -0.940. The van der Waals surface area contributed by atoms with Gasteiger partial charge in [-0.3, -0.25) is 9.80 Å². The quantitative estimate of drug-likeness (QED) is 0.831. The topological polar surface area (TPSA) is 46.9 Å². The highest BCUT2D eigenvalue weighted by molar-refractivity contribution is 5.24. The lowest BCUT2D eigenvalue weighted by atomic mass is 9.79. The molecule has 2 aliphatic heterocycles. The van der Waals surface area contributed by atoms with Gasteiger partial charge in [-0.2, -0.15) is 0 Å². The van der Waals surface area contributed by atoms with Crippen molar-refractivity contribution in [2.45, 2.75) is 51.6 Å². The normalized spacial score (nSPS) is 25.5. The average Bonchev–Trinajstić information content (AvgIpc) is 2.99. The number of benzene rings is 1. The second-order valence-electron chi connectivity index (χ2n) is 8.45. The molecule has 140 valence electrons. The SMILES string of the molecule is CC(C)c1ccc(CN2CCC[C@]3(CCN(C(CO)CO)C3)C2)cc1. The Morgan fingerprint density at radius 1 is 1.00 bits per heavy atom. The van der Waals surface area contributed by atoms with Crippen LogP contribution in [0.2, 0.25) is 0 Å². The second-order valence-corrected chi connectivity index (χ2v) is 8.45. The molecular weight excluding hydrogens is 312 g/mol. The summed E-state index contributed by atoms with van der Waals surface area (Å²) in [6.45, 7) is 9.95. The summed E-state index contributed by atoms with van der Waals surface area (Å²) in [6, 6.07) is 9.02. The fourth-order valence-electron chi connectivity index (χ4n) is 4.61. The maximum atomic E-state index is 9.47. The van der Waals surface area contributed by atoms with E-state index in [1.54, 1.807) is 0 Å². The van der Waals surface area contributed by atoms with E-state index in [-0.39, 0.29) is 19.3 Å². The van der Waals surface area contributed by atoms with Gasteiger partial charge in [0.05, 0.1) is 19.3 Å². The van der Waals surface area contributed by atoms with Crippen LogP contribution in [-0.4, -0.2) is 65.4 Å². The molecule has 25 heavy (non-hydrogen) atoms. The van der Waals surface area contributed by atoms with Gasteiger partial charge >= 0.3 is 0 Å². The molecule has 1 atom stereocenters. The highest BCUT2D eigenvalue weighted by Gasteiger charge is 2.42. The summed E-state index contributed by atoms with van der Waals surface area (Å²) in [4.78, 5) is 4.89. The molecule has 1 aromatic carbocycles. The molecule has 0 bridgehead atoms. The molecule has 0 unspecified atom stereocenters. The van der Waals surface area contributed by atoms with E-state index in [0.29, 0.717) is 11.3 Å². The molecule has 4 heteroatoms. The summed E-state index contributed by atoms with van der Waals surface area (Å²) in [5.41, 5.74) is 3.16. The molecule has 2 aliphatic rings. The van der Waals surface area contributed by atoms with Gasteiger partial charge in [0.1, 0.15) is 0 Å². The third-order valence-corrected chi connectivity index (χ3v) is 6.20. The zero-order chi connectivity index (χ0) is 17.9. The summed E-state index contributed by atoms with van der Waals surface area (Å²) in [5, 5.41) is 18.9. The van der Waals surface area contributed by atoms with Crippen molar-refractivity contribution in [3.05, 3.63) is 35.4 Å². The largest absolute Gasteiger partial charge is 0.395 e. The number of hydrogen-bond acceptors (Lipinski definition) is 4. The molecule has 0 aromatic heterocycles. The van der Waals surface area contributed by atoms with Crippen molar-refractivity contribution in [2.24, 2.45) is 5.41 Å². The number of aliphatic hydroxyl groups excluding tert-OH is 2. The lowest BCUT2D eigenvalue weighted by Crippen LogP contribution is -2.46. The molecule has 2 saturated heterocycles. The molecule has 2 fully saturated rings. The maximum absolute atomic E-state index is 9.47. The Morgan fingerprint density at radius 3 is 2.36 bits per heavy atom. The van der Waals surface area contributed by atoms with Crippen LogP contribution in [0.5, 0.6) is 0 Å². The fraction of sp³-hybridized carbons (Fsp3) is 0.714. The number of hydrogen-bond donors (Lipinski definition) is 2. The average molecular weight is 347 g/mol. The first-order valence-electron chi connectivity index (χ1n) is 9.82. The van der Waals surface area contributed by atoms with Crippen molar-refractivity contribution in [3.63, 3.8) is 0 Å². The number of likely N-dealkylation sites (tertiary alicyclic amines) is 2. The number of aliphatic hydroxyl groups is 2. The first kappa shape index (κ1) is 18.8. The summed E-state index contributed by atoms with van der Waals surface area (Å²) in [5.74, 6) is 0.586. The number of piperidine rings is 1. The van der Waals surface area contributed by atoms with Crippen LogP contribution in [0.25, 0.3) is 0 Å². The van der Waals surface area contributed by atoms with E-state index in [0.717, 1.165) is 26.2 Å². The highest BCUT2D eigenvalue weighted by Crippen LogP contribution is 2.40. The Morgan fingerprint density at radius 2 is 1.72 bits per heavy atom. The summed E-state index contributed by atoms with van der Waals surface area (Å²) in [7, 11) is 0. The Balaban J connectivity index is 1.60. The number of nitrogens with zero attached hydrogens (tertiary/aromatic N) is 2. The van der Waals surface area contributed by atoms with Crippen molar-refractivity contribution in [1.29, 1.82) is 0 Å². The van der Waals surface area contributed by atoms with Gasteiger partial charge in [0.25, 0.3) is 0 Å². The van der Waals surface area contributed by atoms with E-state index in [1.807, 2.05) is 0 Å². The van der Waals surface area contributed by atoms with E-state index in [1.165, 1.54) is 36.9 Å². The van der Waals surface area contributed by atoms with Gasteiger partial charge in [0, 0.05) is 19.6 Å². The molecule has 3 rings (SSSR count). The minimum Gasteiger partial charge on any atom is -0.395 e. The van der Waals surface area contributed by atoms with E-state index in [2.05, 4.69) is 47.9 Å². The van der Waals surface area contributed by atoms with Gasteiger partial charge < -0.3 is 10.2 Å². The van der Waals surface area contributed by atoms with E-state index >= 15 is 0 Å². The first-order valence-corrected chi connectivity index (χ1v) is 9.82. The van der Waals surface area contributed by atoms with Crippen LogP contribution in [-0.2, 0) is 6.54 Å². The van der Waals surface area contributed by atoms with Crippen molar-refractivity contribution in [2.75, 3.05) is 39.4 Å². The van der Waals surface area contributed by atoms with E-state index < -0.39 is 0 Å². The van der Waals surface area contributed by atoms with Crippen LogP contribution in [0.3, 0.4) is 0 Å². The monoisotopic (exact) mass is 346 g/mol. The third-order valence-electron chi connectivity index (χ3n) is 6.20. The minimum atomic E-state index is -0.0849. The van der Waals surface area contributed by atoms with Crippen molar-refractivity contribution < 1.29 is 10.2 Å². The molecule has 0 radical (unpaired) electrons. The third kappa shape index (κ3) is 4.43. The van der Waals surface area contributed by atoms with Crippen molar-refractivity contribution in [3.8, 4) is 0 Å². The van der Waals surface area contributed by atoms with Gasteiger partial charge in [0.15, 0.2) is 0 Å². The zero-order valence-corrected chi connectivity index (χ0v) is 15.8. The molecule has 0 saturated carbocycles. The van der Waals surface area contributed by atoms with Crippen LogP contribution in [0, 0.1) is 5.41 Å². The lowest BCUT2D eigenvalue weighted by molar-refractivity contribution is 0.0556. The van der Waals surface area contributed by atoms with Crippen LogP contribution < -0.4 is 0 Å².